The highest BCUT2D eigenvalue weighted by Crippen LogP contribution is 2.30. The van der Waals surface area contributed by atoms with Gasteiger partial charge in [-0.1, -0.05) is 6.92 Å². The molecule has 9 heteroatoms. The maximum absolute atomic E-state index is 12.4. The Morgan fingerprint density at radius 2 is 1.92 bits per heavy atom. The summed E-state index contributed by atoms with van der Waals surface area (Å²) in [7, 11) is 0. The monoisotopic (exact) mass is 350 g/mol. The second-order valence-corrected chi connectivity index (χ2v) is 6.07. The van der Waals surface area contributed by atoms with Crippen molar-refractivity contribution in [2.45, 2.75) is 32.4 Å². The van der Waals surface area contributed by atoms with Gasteiger partial charge >= 0.3 is 12.2 Å². The Balaban J connectivity index is 1.80. The fourth-order valence-corrected chi connectivity index (χ4v) is 2.96. The summed E-state index contributed by atoms with van der Waals surface area (Å²) in [6, 6.07) is -0.394. The second kappa shape index (κ2) is 8.46. The van der Waals surface area contributed by atoms with Crippen molar-refractivity contribution in [3.8, 4) is 0 Å². The minimum atomic E-state index is -4.18. The number of alkyl halides is 3. The van der Waals surface area contributed by atoms with Crippen molar-refractivity contribution in [1.82, 2.24) is 20.7 Å². The molecule has 2 heterocycles. The van der Waals surface area contributed by atoms with E-state index in [9.17, 15) is 18.0 Å². The quantitative estimate of drug-likeness (QED) is 0.746. The van der Waals surface area contributed by atoms with Crippen molar-refractivity contribution in [3.05, 3.63) is 11.9 Å². The summed E-state index contributed by atoms with van der Waals surface area (Å²) >= 11 is 0. The molecule has 2 amide bonds. The van der Waals surface area contributed by atoms with Gasteiger partial charge in [-0.3, -0.25) is 10.9 Å². The third kappa shape index (κ3) is 5.77. The topological polar surface area (TPSA) is 56.8 Å². The van der Waals surface area contributed by atoms with Crippen molar-refractivity contribution in [1.29, 1.82) is 0 Å². The third-order valence-electron chi connectivity index (χ3n) is 4.14. The predicted octanol–water partition coefficient (Wildman–Crippen LogP) is 2.06. The Labute approximate surface area is 140 Å². The molecule has 0 aromatic rings. The molecule has 2 rings (SSSR count). The van der Waals surface area contributed by atoms with E-state index in [1.54, 1.807) is 0 Å². The zero-order valence-electron chi connectivity index (χ0n) is 13.9. The predicted molar refractivity (Wildman–Crippen MR) is 82.8 cm³/mol. The molecule has 2 aliphatic heterocycles. The van der Waals surface area contributed by atoms with E-state index in [2.05, 4.69) is 15.8 Å². The van der Waals surface area contributed by atoms with Crippen molar-refractivity contribution >= 4 is 6.03 Å². The minimum absolute atomic E-state index is 0.136. The molecular weight excluding hydrogens is 325 g/mol. The van der Waals surface area contributed by atoms with Gasteiger partial charge in [0.1, 0.15) is 5.82 Å². The number of hydrazine groups is 1. The van der Waals surface area contributed by atoms with Crippen molar-refractivity contribution < 1.29 is 22.7 Å². The molecule has 2 saturated heterocycles. The van der Waals surface area contributed by atoms with E-state index in [0.717, 1.165) is 25.3 Å². The molecule has 24 heavy (non-hydrogen) atoms. The van der Waals surface area contributed by atoms with E-state index >= 15 is 0 Å². The van der Waals surface area contributed by atoms with Crippen LogP contribution in [-0.4, -0.2) is 61.4 Å². The summed E-state index contributed by atoms with van der Waals surface area (Å²) in [4.78, 5) is 15.6. The summed E-state index contributed by atoms with van der Waals surface area (Å²) in [5.41, 5.74) is 5.49. The summed E-state index contributed by atoms with van der Waals surface area (Å²) in [5, 5.41) is 0. The number of carbonyl (C=O) groups is 1. The number of halogens is 3. The van der Waals surface area contributed by atoms with Gasteiger partial charge in [-0.05, 0) is 24.8 Å². The summed E-state index contributed by atoms with van der Waals surface area (Å²) < 4.78 is 42.6. The van der Waals surface area contributed by atoms with Gasteiger partial charge in [0.05, 0.1) is 13.2 Å². The number of carbonyl (C=O) groups excluding carboxylic acids is 1. The van der Waals surface area contributed by atoms with Crippen LogP contribution in [0.5, 0.6) is 0 Å². The molecule has 0 bridgehead atoms. The average molecular weight is 350 g/mol. The van der Waals surface area contributed by atoms with Gasteiger partial charge in [0.2, 0.25) is 0 Å². The van der Waals surface area contributed by atoms with Crippen LogP contribution in [0.4, 0.5) is 18.0 Å². The Morgan fingerprint density at radius 3 is 2.54 bits per heavy atom. The number of rotatable bonds is 5. The molecule has 0 aliphatic carbocycles. The van der Waals surface area contributed by atoms with Crippen LogP contribution in [0.25, 0.3) is 0 Å². The normalized spacial score (nSPS) is 22.7. The average Bonchev–Trinajstić information content (AvgIpc) is 2.98. The van der Waals surface area contributed by atoms with Crippen LogP contribution in [0.3, 0.4) is 0 Å². The smallest absolute Gasteiger partial charge is 0.378 e. The van der Waals surface area contributed by atoms with Crippen LogP contribution in [0.2, 0.25) is 0 Å². The lowest BCUT2D eigenvalue weighted by molar-refractivity contribution is -0.143. The molecule has 2 fully saturated rings. The number of amides is 2. The number of likely N-dealkylation sites (tertiary alicyclic amines) is 1. The molecule has 2 aliphatic rings. The van der Waals surface area contributed by atoms with Gasteiger partial charge in [0.15, 0.2) is 0 Å². The van der Waals surface area contributed by atoms with Crippen molar-refractivity contribution in [2.75, 3.05) is 39.4 Å². The Hall–Kier alpha value is -1.64. The first kappa shape index (κ1) is 18.7. The van der Waals surface area contributed by atoms with Crippen molar-refractivity contribution in [2.24, 2.45) is 5.92 Å². The molecule has 0 unspecified atom stereocenters. The fraction of sp³-hybridized carbons (Fsp3) is 0.800. The number of nitrogens with one attached hydrogen (secondary N) is 2. The number of hydrogen-bond acceptors (Lipinski definition) is 4. The zero-order chi connectivity index (χ0) is 17.6. The number of morpholine rings is 1. The van der Waals surface area contributed by atoms with Crippen molar-refractivity contribution in [3.63, 3.8) is 0 Å². The lowest BCUT2D eigenvalue weighted by Crippen LogP contribution is -2.50. The molecule has 0 aromatic carbocycles. The zero-order valence-corrected chi connectivity index (χ0v) is 13.9. The molecular formula is C15H25F3N4O2. The second-order valence-electron chi connectivity index (χ2n) is 6.07. The lowest BCUT2D eigenvalue weighted by Gasteiger charge is -2.32. The highest BCUT2D eigenvalue weighted by atomic mass is 19.4. The molecule has 0 saturated carbocycles. The van der Waals surface area contributed by atoms with Crippen LogP contribution in [0, 0.1) is 5.92 Å². The maximum atomic E-state index is 12.4. The largest absolute Gasteiger partial charge is 0.389 e. The molecule has 1 atom stereocenters. The van der Waals surface area contributed by atoms with E-state index < -0.39 is 24.5 Å². The number of nitrogens with zero attached hydrogens (tertiary/aromatic N) is 2. The van der Waals surface area contributed by atoms with E-state index in [0.29, 0.717) is 26.2 Å². The molecule has 0 aromatic heterocycles. The van der Waals surface area contributed by atoms with Crippen LogP contribution in [0.1, 0.15) is 26.2 Å². The highest BCUT2D eigenvalue weighted by molar-refractivity contribution is 5.74. The van der Waals surface area contributed by atoms with Crippen LogP contribution >= 0.6 is 0 Å². The summed E-state index contributed by atoms with van der Waals surface area (Å²) in [6.45, 7) is 5.18. The first-order valence-corrected chi connectivity index (χ1v) is 8.29. The molecule has 0 spiro atoms. The molecule has 138 valence electrons. The Kier molecular flexibility index (Phi) is 6.59. The fourth-order valence-electron chi connectivity index (χ4n) is 2.96. The molecule has 6 nitrogen and oxygen atoms in total. The number of allylic oxidation sites excluding steroid dienone is 1. The highest BCUT2D eigenvalue weighted by Gasteiger charge is 2.36. The van der Waals surface area contributed by atoms with Gasteiger partial charge in [-0.15, -0.1) is 0 Å². The summed E-state index contributed by atoms with van der Waals surface area (Å²) in [5.74, 6) is 0.279. The van der Waals surface area contributed by atoms with Gasteiger partial charge in [-0.2, -0.15) is 13.2 Å². The summed E-state index contributed by atoms with van der Waals surface area (Å²) in [6.07, 6.45) is -1.87. The number of ether oxygens (including phenoxy) is 1. The molecule has 0 radical (unpaired) electrons. The molecule has 2 N–H and O–H groups in total. The van der Waals surface area contributed by atoms with E-state index in [4.69, 9.17) is 4.74 Å². The SMILES string of the molecule is CC/C=C(\NNC(=O)N1CC[C@@H](CC(F)(F)F)C1)N1CCOCC1. The van der Waals surface area contributed by atoms with Gasteiger partial charge < -0.3 is 14.5 Å². The van der Waals surface area contributed by atoms with Gasteiger partial charge in [0.25, 0.3) is 0 Å². The first-order valence-electron chi connectivity index (χ1n) is 8.29. The maximum Gasteiger partial charge on any atom is 0.389 e. The number of hydrogen-bond donors (Lipinski definition) is 2. The van der Waals surface area contributed by atoms with Crippen LogP contribution in [-0.2, 0) is 4.74 Å². The Morgan fingerprint density at radius 1 is 1.21 bits per heavy atom. The van der Waals surface area contributed by atoms with Crippen LogP contribution < -0.4 is 10.9 Å². The first-order chi connectivity index (χ1) is 11.4. The minimum Gasteiger partial charge on any atom is -0.378 e. The lowest BCUT2D eigenvalue weighted by atomic mass is 10.1. The third-order valence-corrected chi connectivity index (χ3v) is 4.14. The standard InChI is InChI=1S/C15H25F3N4O2/c1-2-3-13(21-6-8-24-9-7-21)19-20-14(23)22-5-4-12(11-22)10-15(16,17)18/h3,12,19H,2,4-11H2,1H3,(H,20,23)/b13-3+/t12-/m0/s1. The van der Waals surface area contributed by atoms with E-state index in [1.165, 1.54) is 4.90 Å². The van der Waals surface area contributed by atoms with E-state index in [1.807, 2.05) is 13.0 Å². The van der Waals surface area contributed by atoms with Crippen LogP contribution in [0.15, 0.2) is 11.9 Å². The van der Waals surface area contributed by atoms with E-state index in [-0.39, 0.29) is 6.54 Å². The van der Waals surface area contributed by atoms with Gasteiger partial charge in [0, 0.05) is 32.6 Å². The van der Waals surface area contributed by atoms with Gasteiger partial charge in [-0.25, -0.2) is 4.79 Å². The Bertz CT molecular complexity index is 450. The number of urea groups is 1.